The smallest absolute Gasteiger partial charge is 0.263 e. The second-order valence-corrected chi connectivity index (χ2v) is 9.78. The van der Waals surface area contributed by atoms with Gasteiger partial charge in [0.25, 0.3) is 5.91 Å². The summed E-state index contributed by atoms with van der Waals surface area (Å²) in [5, 5.41) is 6.90. The van der Waals surface area contributed by atoms with Gasteiger partial charge in [0.1, 0.15) is 15.8 Å². The Morgan fingerprint density at radius 2 is 1.93 bits per heavy atom. The van der Waals surface area contributed by atoms with Gasteiger partial charge in [-0.1, -0.05) is 31.2 Å². The summed E-state index contributed by atoms with van der Waals surface area (Å²) >= 11 is 1.06. The number of fused-ring (bicyclic) bond motifs is 1. The molecule has 2 heterocycles. The lowest BCUT2D eigenvalue weighted by molar-refractivity contribution is -0.122. The van der Waals surface area contributed by atoms with Crippen LogP contribution in [0.1, 0.15) is 41.1 Å². The molecule has 9 heteroatoms. The maximum Gasteiger partial charge on any atom is 0.263 e. The van der Waals surface area contributed by atoms with E-state index in [1.807, 2.05) is 31.2 Å². The minimum absolute atomic E-state index is 0.0134. The molecule has 1 aliphatic rings. The predicted molar refractivity (Wildman–Crippen MR) is 112 cm³/mol. The van der Waals surface area contributed by atoms with Crippen molar-refractivity contribution in [2.24, 2.45) is 0 Å². The highest BCUT2D eigenvalue weighted by molar-refractivity contribution is 7.89. The van der Waals surface area contributed by atoms with Gasteiger partial charge in [-0.3, -0.25) is 9.59 Å². The fourth-order valence-corrected chi connectivity index (χ4v) is 5.93. The van der Waals surface area contributed by atoms with Crippen LogP contribution in [0, 0.1) is 0 Å². The summed E-state index contributed by atoms with van der Waals surface area (Å²) in [4.78, 5) is 24.8. The Morgan fingerprint density at radius 1 is 1.21 bits per heavy atom. The van der Waals surface area contributed by atoms with Gasteiger partial charge in [-0.15, -0.1) is 11.3 Å². The molecule has 1 aromatic carbocycles. The summed E-state index contributed by atoms with van der Waals surface area (Å²) in [6.45, 7) is 4.68. The molecule has 2 aromatic rings. The van der Waals surface area contributed by atoms with Crippen molar-refractivity contribution in [2.75, 3.05) is 13.1 Å². The molecular formula is C20H25N3O4S2. The third-order valence-electron chi connectivity index (χ3n) is 4.84. The number of sulfonamides is 1. The molecule has 0 saturated heterocycles. The van der Waals surface area contributed by atoms with Crippen LogP contribution in [-0.4, -0.2) is 43.7 Å². The molecule has 0 radical (unpaired) electrons. The van der Waals surface area contributed by atoms with E-state index in [0.29, 0.717) is 19.5 Å². The molecule has 1 atom stereocenters. The van der Waals surface area contributed by atoms with E-state index in [0.717, 1.165) is 28.9 Å². The number of thiophene rings is 1. The second kappa shape index (κ2) is 9.06. The molecule has 0 bridgehead atoms. The van der Waals surface area contributed by atoms with Crippen molar-refractivity contribution in [3.8, 4) is 0 Å². The van der Waals surface area contributed by atoms with Gasteiger partial charge >= 0.3 is 0 Å². The van der Waals surface area contributed by atoms with Crippen LogP contribution < -0.4 is 10.6 Å². The highest BCUT2D eigenvalue weighted by atomic mass is 32.2. The molecule has 0 aliphatic carbocycles. The topological polar surface area (TPSA) is 95.6 Å². The Bertz CT molecular complexity index is 1000. The van der Waals surface area contributed by atoms with Gasteiger partial charge in [-0.25, -0.2) is 8.42 Å². The van der Waals surface area contributed by atoms with Crippen molar-refractivity contribution in [3.63, 3.8) is 0 Å². The van der Waals surface area contributed by atoms with Crippen molar-refractivity contribution in [2.45, 2.75) is 44.2 Å². The summed E-state index contributed by atoms with van der Waals surface area (Å²) in [6.07, 6.45) is 1.42. The Labute approximate surface area is 175 Å². The first kappa shape index (κ1) is 21.5. The van der Waals surface area contributed by atoms with Crippen molar-refractivity contribution in [3.05, 3.63) is 51.7 Å². The number of hydrogen-bond donors (Lipinski definition) is 2. The van der Waals surface area contributed by atoms with Gasteiger partial charge in [0.2, 0.25) is 15.9 Å². The number of nitrogens with one attached hydrogen (secondary N) is 2. The molecular weight excluding hydrogens is 410 g/mol. The quantitative estimate of drug-likeness (QED) is 0.697. The van der Waals surface area contributed by atoms with E-state index in [2.05, 4.69) is 10.6 Å². The molecule has 0 saturated carbocycles. The van der Waals surface area contributed by atoms with Crippen LogP contribution in [0.4, 0.5) is 0 Å². The van der Waals surface area contributed by atoms with E-state index in [9.17, 15) is 18.0 Å². The van der Waals surface area contributed by atoms with Crippen molar-refractivity contribution >= 4 is 33.2 Å². The van der Waals surface area contributed by atoms with Gasteiger partial charge in [0.15, 0.2) is 0 Å². The molecule has 2 N–H and O–H groups in total. The standard InChI is InChI=1S/C20H25N3O4S2/c1-3-10-21-19(24)14(2)22-20(25)18-17(9-12-28-18)29(26,27)23-11-8-15-6-4-5-7-16(15)13-23/h4-7,9,12,14H,3,8,10-11,13H2,1-2H3,(H,21,24)(H,22,25). The van der Waals surface area contributed by atoms with Crippen molar-refractivity contribution in [1.82, 2.24) is 14.9 Å². The molecule has 0 fully saturated rings. The zero-order valence-corrected chi connectivity index (χ0v) is 18.1. The first-order valence-electron chi connectivity index (χ1n) is 9.57. The second-order valence-electron chi connectivity index (χ2n) is 6.96. The van der Waals surface area contributed by atoms with Gasteiger partial charge < -0.3 is 10.6 Å². The number of rotatable bonds is 7. The lowest BCUT2D eigenvalue weighted by atomic mass is 10.0. The minimum atomic E-state index is -3.82. The van der Waals surface area contributed by atoms with Crippen LogP contribution >= 0.6 is 11.3 Å². The lowest BCUT2D eigenvalue weighted by Crippen LogP contribution is -2.45. The zero-order chi connectivity index (χ0) is 21.0. The first-order valence-corrected chi connectivity index (χ1v) is 11.9. The number of hydrogen-bond acceptors (Lipinski definition) is 5. The summed E-state index contributed by atoms with van der Waals surface area (Å²) in [5.41, 5.74) is 2.12. The number of carbonyl (C=O) groups excluding carboxylic acids is 2. The van der Waals surface area contributed by atoms with E-state index < -0.39 is 22.0 Å². The average Bonchev–Trinajstić information content (AvgIpc) is 3.22. The van der Waals surface area contributed by atoms with Crippen molar-refractivity contribution in [1.29, 1.82) is 0 Å². The van der Waals surface area contributed by atoms with Crippen LogP contribution in [-0.2, 0) is 27.8 Å². The summed E-state index contributed by atoms with van der Waals surface area (Å²) in [7, 11) is -3.82. The number of carbonyl (C=O) groups is 2. The van der Waals surface area contributed by atoms with E-state index in [4.69, 9.17) is 0 Å². The third kappa shape index (κ3) is 4.68. The van der Waals surface area contributed by atoms with Crippen LogP contribution in [0.2, 0.25) is 0 Å². The van der Waals surface area contributed by atoms with E-state index in [-0.39, 0.29) is 22.2 Å². The third-order valence-corrected chi connectivity index (χ3v) is 7.77. The number of benzene rings is 1. The van der Waals surface area contributed by atoms with Crippen LogP contribution in [0.15, 0.2) is 40.6 Å². The maximum absolute atomic E-state index is 13.2. The summed E-state index contributed by atoms with van der Waals surface area (Å²) in [5.74, 6) is -0.857. The zero-order valence-electron chi connectivity index (χ0n) is 16.5. The van der Waals surface area contributed by atoms with Crippen LogP contribution in [0.3, 0.4) is 0 Å². The van der Waals surface area contributed by atoms with Crippen molar-refractivity contribution < 1.29 is 18.0 Å². The van der Waals surface area contributed by atoms with E-state index in [1.165, 1.54) is 10.4 Å². The fraction of sp³-hybridized carbons (Fsp3) is 0.400. The van der Waals surface area contributed by atoms with Crippen LogP contribution in [0.25, 0.3) is 0 Å². The van der Waals surface area contributed by atoms with E-state index >= 15 is 0 Å². The Balaban J connectivity index is 1.77. The highest BCUT2D eigenvalue weighted by Crippen LogP contribution is 2.29. The molecule has 156 valence electrons. The first-order chi connectivity index (χ1) is 13.8. The molecule has 1 aliphatic heterocycles. The molecule has 1 unspecified atom stereocenters. The number of amides is 2. The maximum atomic E-state index is 13.2. The highest BCUT2D eigenvalue weighted by Gasteiger charge is 2.33. The molecule has 2 amide bonds. The predicted octanol–water partition coefficient (Wildman–Crippen LogP) is 2.14. The normalized spacial score (nSPS) is 15.4. The lowest BCUT2D eigenvalue weighted by Gasteiger charge is -2.28. The largest absolute Gasteiger partial charge is 0.354 e. The minimum Gasteiger partial charge on any atom is -0.354 e. The molecule has 7 nitrogen and oxygen atoms in total. The summed E-state index contributed by atoms with van der Waals surface area (Å²) < 4.78 is 27.8. The fourth-order valence-electron chi connectivity index (χ4n) is 3.21. The van der Waals surface area contributed by atoms with E-state index in [1.54, 1.807) is 12.3 Å². The van der Waals surface area contributed by atoms with Gasteiger partial charge in [-0.05, 0) is 42.3 Å². The number of nitrogens with zero attached hydrogens (tertiary/aromatic N) is 1. The van der Waals surface area contributed by atoms with Crippen LogP contribution in [0.5, 0.6) is 0 Å². The Hall–Kier alpha value is -2.23. The van der Waals surface area contributed by atoms with Gasteiger partial charge in [0.05, 0.1) is 0 Å². The average molecular weight is 436 g/mol. The summed E-state index contributed by atoms with van der Waals surface area (Å²) in [6, 6.07) is 8.47. The van der Waals surface area contributed by atoms with Gasteiger partial charge in [-0.2, -0.15) is 4.31 Å². The molecule has 1 aromatic heterocycles. The SMILES string of the molecule is CCCNC(=O)C(C)NC(=O)c1sccc1S(=O)(=O)N1CCc2ccccc2C1. The molecule has 29 heavy (non-hydrogen) atoms. The molecule has 3 rings (SSSR count). The molecule has 0 spiro atoms. The Kier molecular flexibility index (Phi) is 6.71. The van der Waals surface area contributed by atoms with Gasteiger partial charge in [0, 0.05) is 19.6 Å². The monoisotopic (exact) mass is 435 g/mol. The Morgan fingerprint density at radius 3 is 2.66 bits per heavy atom.